The summed E-state index contributed by atoms with van der Waals surface area (Å²) in [5.74, 6) is 0. The average Bonchev–Trinajstić information content (AvgIpc) is 3.37. The van der Waals surface area contributed by atoms with Crippen molar-refractivity contribution in [2.45, 2.75) is 116 Å². The summed E-state index contributed by atoms with van der Waals surface area (Å²) >= 11 is 0. The maximum atomic E-state index is 5.46. The third-order valence-electron chi connectivity index (χ3n) is 5.41. The Kier molecular flexibility index (Phi) is 16.8. The average molecular weight is 362 g/mol. The van der Waals surface area contributed by atoms with Crippen LogP contribution in [0.1, 0.15) is 104 Å². The number of hydrogen-bond donors (Lipinski definition) is 0. The minimum Gasteiger partial charge on any atom is -0.373 e. The monoisotopic (exact) mass is 361 g/mol. The van der Waals surface area contributed by atoms with Crippen molar-refractivity contribution in [2.24, 2.45) is 0 Å². The molecule has 1 rings (SSSR count). The molecule has 0 aromatic carbocycles. The SMILES string of the molecule is CCCCCCCCCCCCCC(CC1CO1)N(CC)CC.Cl. The van der Waals surface area contributed by atoms with Gasteiger partial charge in [0.25, 0.3) is 0 Å². The zero-order valence-electron chi connectivity index (χ0n) is 16.7. The molecule has 0 bridgehead atoms. The van der Waals surface area contributed by atoms with Gasteiger partial charge in [-0.2, -0.15) is 0 Å². The number of hydrogen-bond acceptors (Lipinski definition) is 2. The molecule has 1 fully saturated rings. The lowest BCUT2D eigenvalue weighted by Crippen LogP contribution is -2.36. The van der Waals surface area contributed by atoms with Crippen LogP contribution < -0.4 is 0 Å². The van der Waals surface area contributed by atoms with Crippen LogP contribution in [0, 0.1) is 0 Å². The topological polar surface area (TPSA) is 15.8 Å². The number of nitrogens with zero attached hydrogens (tertiary/aromatic N) is 1. The van der Waals surface area contributed by atoms with Gasteiger partial charge in [-0.3, -0.25) is 0 Å². The second-order valence-electron chi connectivity index (χ2n) is 7.39. The Balaban J connectivity index is 0.00000529. The first kappa shape index (κ1) is 24.2. The molecule has 0 amide bonds. The summed E-state index contributed by atoms with van der Waals surface area (Å²) in [6, 6.07) is 0.760. The van der Waals surface area contributed by atoms with Crippen molar-refractivity contribution in [2.75, 3.05) is 19.7 Å². The number of halogens is 1. The highest BCUT2D eigenvalue weighted by Gasteiger charge is 2.28. The third kappa shape index (κ3) is 12.6. The minimum absolute atomic E-state index is 0. The predicted molar refractivity (Wildman–Crippen MR) is 109 cm³/mol. The molecule has 24 heavy (non-hydrogen) atoms. The van der Waals surface area contributed by atoms with Crippen LogP contribution >= 0.6 is 12.4 Å². The molecule has 1 aliphatic heterocycles. The highest BCUT2D eigenvalue weighted by molar-refractivity contribution is 5.85. The van der Waals surface area contributed by atoms with Gasteiger partial charge in [0.05, 0.1) is 12.7 Å². The van der Waals surface area contributed by atoms with Crippen molar-refractivity contribution in [1.82, 2.24) is 4.90 Å². The van der Waals surface area contributed by atoms with E-state index in [1.807, 2.05) is 0 Å². The summed E-state index contributed by atoms with van der Waals surface area (Å²) < 4.78 is 5.46. The Labute approximate surface area is 158 Å². The third-order valence-corrected chi connectivity index (χ3v) is 5.41. The molecular formula is C21H44ClNO. The van der Waals surface area contributed by atoms with E-state index in [1.54, 1.807) is 0 Å². The van der Waals surface area contributed by atoms with Gasteiger partial charge in [-0.25, -0.2) is 0 Å². The van der Waals surface area contributed by atoms with E-state index < -0.39 is 0 Å². The van der Waals surface area contributed by atoms with Crippen molar-refractivity contribution in [1.29, 1.82) is 0 Å². The van der Waals surface area contributed by atoms with E-state index >= 15 is 0 Å². The first-order valence-electron chi connectivity index (χ1n) is 10.7. The van der Waals surface area contributed by atoms with Crippen molar-refractivity contribution in [3.63, 3.8) is 0 Å². The highest BCUT2D eigenvalue weighted by atomic mass is 35.5. The molecular weight excluding hydrogens is 318 g/mol. The van der Waals surface area contributed by atoms with Gasteiger partial charge in [-0.05, 0) is 25.9 Å². The molecule has 0 saturated carbocycles. The van der Waals surface area contributed by atoms with Crippen LogP contribution in [0.4, 0.5) is 0 Å². The molecule has 0 spiro atoms. The lowest BCUT2D eigenvalue weighted by Gasteiger charge is -2.29. The maximum absolute atomic E-state index is 5.46. The largest absolute Gasteiger partial charge is 0.373 e. The zero-order valence-corrected chi connectivity index (χ0v) is 17.5. The summed E-state index contributed by atoms with van der Waals surface area (Å²) in [6.07, 6.45) is 19.0. The maximum Gasteiger partial charge on any atom is 0.0824 e. The Morgan fingerprint density at radius 2 is 1.25 bits per heavy atom. The molecule has 0 radical (unpaired) electrons. The summed E-state index contributed by atoms with van der Waals surface area (Å²) in [4.78, 5) is 2.64. The first-order chi connectivity index (χ1) is 11.3. The quantitative estimate of drug-likeness (QED) is 0.214. The van der Waals surface area contributed by atoms with Crippen LogP contribution in [-0.4, -0.2) is 36.7 Å². The van der Waals surface area contributed by atoms with Crippen LogP contribution in [0.5, 0.6) is 0 Å². The molecule has 146 valence electrons. The zero-order chi connectivity index (χ0) is 16.8. The summed E-state index contributed by atoms with van der Waals surface area (Å²) in [6.45, 7) is 10.3. The molecule has 0 aromatic rings. The van der Waals surface area contributed by atoms with Crippen LogP contribution in [0.3, 0.4) is 0 Å². The van der Waals surface area contributed by atoms with Gasteiger partial charge >= 0.3 is 0 Å². The van der Waals surface area contributed by atoms with Crippen molar-refractivity contribution in [3.8, 4) is 0 Å². The fourth-order valence-corrected chi connectivity index (χ4v) is 3.74. The van der Waals surface area contributed by atoms with Gasteiger partial charge in [-0.15, -0.1) is 12.4 Å². The first-order valence-corrected chi connectivity index (χ1v) is 10.7. The van der Waals surface area contributed by atoms with E-state index in [4.69, 9.17) is 4.74 Å². The molecule has 2 atom stereocenters. The van der Waals surface area contributed by atoms with Crippen LogP contribution in [0.25, 0.3) is 0 Å². The minimum atomic E-state index is 0. The molecule has 1 heterocycles. The molecule has 0 aliphatic carbocycles. The number of ether oxygens (including phenoxy) is 1. The molecule has 1 saturated heterocycles. The van der Waals surface area contributed by atoms with Gasteiger partial charge in [0.1, 0.15) is 0 Å². The standard InChI is InChI=1S/C21H43NO.ClH/c1-4-7-8-9-10-11-12-13-14-15-16-17-20(18-21-19-23-21)22(5-2)6-3;/h20-21H,4-19H2,1-3H3;1H. The van der Waals surface area contributed by atoms with Gasteiger partial charge < -0.3 is 9.64 Å². The summed E-state index contributed by atoms with van der Waals surface area (Å²) in [5, 5.41) is 0. The Hall–Kier alpha value is 0.210. The van der Waals surface area contributed by atoms with E-state index in [0.29, 0.717) is 6.10 Å². The lowest BCUT2D eigenvalue weighted by molar-refractivity contribution is 0.179. The van der Waals surface area contributed by atoms with Crippen molar-refractivity contribution in [3.05, 3.63) is 0 Å². The number of unbranched alkanes of at least 4 members (excludes halogenated alkanes) is 10. The normalized spacial score (nSPS) is 17.8. The Morgan fingerprint density at radius 3 is 1.67 bits per heavy atom. The van der Waals surface area contributed by atoms with Gasteiger partial charge in [0.15, 0.2) is 0 Å². The molecule has 1 aliphatic rings. The highest BCUT2D eigenvalue weighted by Crippen LogP contribution is 2.23. The summed E-state index contributed by atoms with van der Waals surface area (Å²) in [5.41, 5.74) is 0. The molecule has 0 N–H and O–H groups in total. The van der Waals surface area contributed by atoms with E-state index in [-0.39, 0.29) is 12.4 Å². The molecule has 0 aromatic heterocycles. The molecule has 2 nitrogen and oxygen atoms in total. The fraction of sp³-hybridized carbons (Fsp3) is 1.00. The van der Waals surface area contributed by atoms with E-state index in [0.717, 1.165) is 12.6 Å². The Morgan fingerprint density at radius 1 is 0.792 bits per heavy atom. The van der Waals surface area contributed by atoms with Crippen molar-refractivity contribution >= 4 is 12.4 Å². The number of epoxide rings is 1. The molecule has 3 heteroatoms. The van der Waals surface area contributed by atoms with Crippen molar-refractivity contribution < 1.29 is 4.74 Å². The predicted octanol–water partition coefficient (Wildman–Crippen LogP) is 6.61. The lowest BCUT2D eigenvalue weighted by atomic mass is 10.0. The number of rotatable bonds is 17. The van der Waals surface area contributed by atoms with Crippen LogP contribution in [0.2, 0.25) is 0 Å². The Bertz CT molecular complexity index is 254. The van der Waals surface area contributed by atoms with Gasteiger partial charge in [0, 0.05) is 6.04 Å². The van der Waals surface area contributed by atoms with Gasteiger partial charge in [-0.1, -0.05) is 91.4 Å². The second-order valence-corrected chi connectivity index (χ2v) is 7.39. The van der Waals surface area contributed by atoms with E-state index in [9.17, 15) is 0 Å². The second kappa shape index (κ2) is 16.7. The fourth-order valence-electron chi connectivity index (χ4n) is 3.74. The van der Waals surface area contributed by atoms with E-state index in [1.165, 1.54) is 96.6 Å². The van der Waals surface area contributed by atoms with E-state index in [2.05, 4.69) is 25.7 Å². The van der Waals surface area contributed by atoms with Crippen LogP contribution in [0.15, 0.2) is 0 Å². The van der Waals surface area contributed by atoms with Gasteiger partial charge in [0.2, 0.25) is 0 Å². The summed E-state index contributed by atoms with van der Waals surface area (Å²) in [7, 11) is 0. The van der Waals surface area contributed by atoms with Crippen LogP contribution in [-0.2, 0) is 4.74 Å². The molecule has 2 unspecified atom stereocenters. The smallest absolute Gasteiger partial charge is 0.0824 e.